The van der Waals surface area contributed by atoms with Crippen molar-refractivity contribution < 1.29 is 9.90 Å². The maximum Gasteiger partial charge on any atom is 0.201 e. The van der Waals surface area contributed by atoms with Crippen molar-refractivity contribution in [1.29, 1.82) is 0 Å². The maximum absolute atomic E-state index is 12.9. The summed E-state index contributed by atoms with van der Waals surface area (Å²) in [6, 6.07) is 18.2. The molecule has 3 nitrogen and oxygen atoms in total. The Morgan fingerprint density at radius 2 is 1.75 bits per heavy atom. The Balaban J connectivity index is 1.54. The van der Waals surface area contributed by atoms with Crippen molar-refractivity contribution in [2.75, 3.05) is 5.32 Å². The fraction of sp³-hybridized carbons (Fsp3) is 0.0870. The number of fused-ring (bicyclic) bond motifs is 2. The molecule has 0 saturated heterocycles. The minimum absolute atomic E-state index is 0.0872. The van der Waals surface area contributed by atoms with Gasteiger partial charge in [-0.15, -0.1) is 11.3 Å². The average Bonchev–Trinajstić information content (AvgIpc) is 3.32. The molecule has 2 aromatic carbocycles. The number of anilines is 1. The Morgan fingerprint density at radius 1 is 1.00 bits per heavy atom. The molecule has 1 aliphatic carbocycles. The van der Waals surface area contributed by atoms with Crippen molar-refractivity contribution in [1.82, 2.24) is 0 Å². The van der Waals surface area contributed by atoms with Crippen molar-refractivity contribution in [2.45, 2.75) is 18.7 Å². The molecule has 0 amide bonds. The van der Waals surface area contributed by atoms with E-state index in [0.29, 0.717) is 11.1 Å². The van der Waals surface area contributed by atoms with Gasteiger partial charge in [0.2, 0.25) is 5.78 Å². The molecule has 0 bridgehead atoms. The third-order valence-corrected chi connectivity index (χ3v) is 7.58. The van der Waals surface area contributed by atoms with Crippen LogP contribution in [0.5, 0.6) is 0 Å². The molecular weight excluding hydrogens is 386 g/mol. The van der Waals surface area contributed by atoms with E-state index in [2.05, 4.69) is 23.5 Å². The number of aliphatic hydroxyl groups is 1. The molecule has 3 aromatic rings. The lowest BCUT2D eigenvalue weighted by Gasteiger charge is -2.24. The molecule has 0 spiro atoms. The Kier molecular flexibility index (Phi) is 3.96. The highest BCUT2D eigenvalue weighted by molar-refractivity contribution is 8.03. The number of ketones is 1. The van der Waals surface area contributed by atoms with Crippen molar-refractivity contribution in [3.8, 4) is 0 Å². The molecule has 0 atom stereocenters. The monoisotopic (exact) mass is 403 g/mol. The van der Waals surface area contributed by atoms with Crippen LogP contribution in [0, 0.1) is 0 Å². The first-order chi connectivity index (χ1) is 13.5. The molecular formula is C23H17NO2S2. The van der Waals surface area contributed by atoms with E-state index < -0.39 is 0 Å². The third-order valence-electron chi connectivity index (χ3n) is 5.16. The predicted molar refractivity (Wildman–Crippen MR) is 118 cm³/mol. The second kappa shape index (κ2) is 6.40. The lowest BCUT2D eigenvalue weighted by molar-refractivity contribution is -0.113. The molecule has 1 aromatic heterocycles. The SMILES string of the molecule is CC(=C1C(=O)C(/C(C)=C2/Nc3ccccc3S2)=C1O)c1cc2ccccc2s1. The highest BCUT2D eigenvalue weighted by Gasteiger charge is 2.38. The van der Waals surface area contributed by atoms with Crippen LogP contribution in [0.3, 0.4) is 0 Å². The zero-order valence-electron chi connectivity index (χ0n) is 15.4. The molecule has 0 saturated carbocycles. The summed E-state index contributed by atoms with van der Waals surface area (Å²) in [6.07, 6.45) is 0. The summed E-state index contributed by atoms with van der Waals surface area (Å²) in [6.45, 7) is 3.79. The first kappa shape index (κ1) is 17.3. The van der Waals surface area contributed by atoms with Crippen LogP contribution in [0.4, 0.5) is 5.69 Å². The minimum atomic E-state index is -0.0872. The molecule has 0 fully saturated rings. The molecule has 5 rings (SSSR count). The second-order valence-corrected chi connectivity index (χ2v) is 9.01. The van der Waals surface area contributed by atoms with E-state index in [9.17, 15) is 9.90 Å². The van der Waals surface area contributed by atoms with Gasteiger partial charge in [-0.25, -0.2) is 0 Å². The smallest absolute Gasteiger partial charge is 0.201 e. The number of carbonyl (C=O) groups excluding carboxylic acids is 1. The summed E-state index contributed by atoms with van der Waals surface area (Å²) in [5.41, 5.74) is 3.50. The van der Waals surface area contributed by atoms with Gasteiger partial charge in [0.25, 0.3) is 0 Å². The highest BCUT2D eigenvalue weighted by Crippen LogP contribution is 2.46. The van der Waals surface area contributed by atoms with E-state index in [4.69, 9.17) is 0 Å². The van der Waals surface area contributed by atoms with E-state index in [-0.39, 0.29) is 11.5 Å². The van der Waals surface area contributed by atoms with Crippen LogP contribution in [0.15, 0.2) is 87.0 Å². The molecule has 0 radical (unpaired) electrons. The van der Waals surface area contributed by atoms with Gasteiger partial charge in [-0.3, -0.25) is 4.79 Å². The number of hydrogen-bond acceptors (Lipinski definition) is 5. The lowest BCUT2D eigenvalue weighted by atomic mass is 9.81. The summed E-state index contributed by atoms with van der Waals surface area (Å²) >= 11 is 3.23. The van der Waals surface area contributed by atoms with E-state index in [1.165, 1.54) is 4.70 Å². The number of Topliss-reactive ketones (excluding diaryl/α,β-unsaturated/α-hetero) is 1. The van der Waals surface area contributed by atoms with Gasteiger partial charge >= 0.3 is 0 Å². The first-order valence-electron chi connectivity index (χ1n) is 8.98. The molecule has 1 aliphatic heterocycles. The number of nitrogens with one attached hydrogen (secondary N) is 1. The van der Waals surface area contributed by atoms with Gasteiger partial charge in [0.05, 0.1) is 21.9 Å². The van der Waals surface area contributed by atoms with Crippen molar-refractivity contribution >= 4 is 50.2 Å². The van der Waals surface area contributed by atoms with Crippen LogP contribution < -0.4 is 5.32 Å². The van der Waals surface area contributed by atoms with Gasteiger partial charge in [-0.2, -0.15) is 0 Å². The molecule has 0 unspecified atom stereocenters. The summed E-state index contributed by atoms with van der Waals surface area (Å²) < 4.78 is 1.18. The number of benzene rings is 2. The van der Waals surface area contributed by atoms with Crippen LogP contribution in [-0.4, -0.2) is 10.9 Å². The summed E-state index contributed by atoms with van der Waals surface area (Å²) in [5.74, 6) is 0.0131. The molecule has 138 valence electrons. The van der Waals surface area contributed by atoms with Crippen LogP contribution in [0.1, 0.15) is 18.7 Å². The Morgan fingerprint density at radius 3 is 2.50 bits per heavy atom. The summed E-state index contributed by atoms with van der Waals surface area (Å²) in [4.78, 5) is 15.1. The predicted octanol–water partition coefficient (Wildman–Crippen LogP) is 6.52. The number of carbonyl (C=O) groups is 1. The zero-order chi connectivity index (χ0) is 19.4. The van der Waals surface area contributed by atoms with Crippen molar-refractivity contribution in [3.05, 3.63) is 87.0 Å². The number of aliphatic hydroxyl groups excluding tert-OH is 1. The van der Waals surface area contributed by atoms with Gasteiger partial charge in [-0.05, 0) is 54.6 Å². The zero-order valence-corrected chi connectivity index (χ0v) is 17.0. The van der Waals surface area contributed by atoms with Gasteiger partial charge in [0.1, 0.15) is 5.76 Å². The van der Waals surface area contributed by atoms with Gasteiger partial charge in [0.15, 0.2) is 0 Å². The third kappa shape index (κ3) is 2.54. The number of hydrogen-bond donors (Lipinski definition) is 2. The van der Waals surface area contributed by atoms with Crippen LogP contribution in [0.25, 0.3) is 15.7 Å². The molecule has 2 heterocycles. The van der Waals surface area contributed by atoms with E-state index in [1.54, 1.807) is 23.1 Å². The Bertz CT molecular complexity index is 1200. The number of allylic oxidation sites excluding steroid dienone is 4. The van der Waals surface area contributed by atoms with Crippen molar-refractivity contribution in [3.63, 3.8) is 0 Å². The maximum atomic E-state index is 12.9. The average molecular weight is 404 g/mol. The van der Waals surface area contributed by atoms with Gasteiger partial charge in [0, 0.05) is 14.5 Å². The van der Waals surface area contributed by atoms with E-state index in [1.807, 2.05) is 50.2 Å². The topological polar surface area (TPSA) is 49.3 Å². The standard InChI is InChI=1S/C23H17NO2S2/c1-12(18-11-14-7-3-5-9-16(14)27-18)19-21(25)20(22(19)26)13(2)23-24-15-8-4-6-10-17(15)28-23/h3-11,24-25H,1-2H3/b19-12?,23-13-. The van der Waals surface area contributed by atoms with Crippen LogP contribution >= 0.6 is 23.1 Å². The van der Waals surface area contributed by atoms with E-state index >= 15 is 0 Å². The Hall–Kier alpha value is -2.76. The number of rotatable bonds is 2. The number of thiophene rings is 1. The Labute approximate surface area is 171 Å². The van der Waals surface area contributed by atoms with Gasteiger partial charge < -0.3 is 10.4 Å². The molecule has 28 heavy (non-hydrogen) atoms. The van der Waals surface area contributed by atoms with Crippen LogP contribution in [-0.2, 0) is 4.79 Å². The fourth-order valence-corrected chi connectivity index (χ4v) is 5.67. The first-order valence-corrected chi connectivity index (χ1v) is 10.6. The van der Waals surface area contributed by atoms with Crippen molar-refractivity contribution in [2.24, 2.45) is 0 Å². The number of para-hydroxylation sites is 1. The molecule has 2 aliphatic rings. The summed E-state index contributed by atoms with van der Waals surface area (Å²) in [7, 11) is 0. The van der Waals surface area contributed by atoms with E-state index in [0.717, 1.165) is 37.0 Å². The highest BCUT2D eigenvalue weighted by atomic mass is 32.2. The van der Waals surface area contributed by atoms with Crippen LogP contribution in [0.2, 0.25) is 0 Å². The minimum Gasteiger partial charge on any atom is -0.506 e. The molecule has 2 N–H and O–H groups in total. The summed E-state index contributed by atoms with van der Waals surface area (Å²) in [5, 5.41) is 16.1. The molecule has 5 heteroatoms. The number of thioether (sulfide) groups is 1. The second-order valence-electron chi connectivity index (χ2n) is 6.88. The van der Waals surface area contributed by atoms with Gasteiger partial charge in [-0.1, -0.05) is 42.1 Å². The quantitative estimate of drug-likeness (QED) is 0.478. The normalized spacial score (nSPS) is 19.4. The fourth-order valence-electron chi connectivity index (χ4n) is 3.59. The lowest BCUT2D eigenvalue weighted by Crippen LogP contribution is -2.25. The largest absolute Gasteiger partial charge is 0.506 e.